The number of carbonyl (C=O) groups is 3. The van der Waals surface area contributed by atoms with E-state index in [1.54, 1.807) is 29.5 Å². The fourth-order valence-electron chi connectivity index (χ4n) is 4.33. The van der Waals surface area contributed by atoms with Crippen LogP contribution < -0.4 is 10.2 Å². The molecule has 1 aromatic heterocycles. The van der Waals surface area contributed by atoms with Crippen LogP contribution in [0.5, 0.6) is 0 Å². The van der Waals surface area contributed by atoms with Crippen molar-refractivity contribution in [3.05, 3.63) is 50.7 Å². The third-order valence-electron chi connectivity index (χ3n) is 6.17. The Kier molecular flexibility index (Phi) is 7.21. The van der Waals surface area contributed by atoms with Crippen LogP contribution in [0.3, 0.4) is 0 Å². The first-order valence-corrected chi connectivity index (χ1v) is 12.1. The van der Waals surface area contributed by atoms with E-state index in [0.717, 1.165) is 24.9 Å². The minimum Gasteiger partial charge on any atom is -0.480 e. The first kappa shape index (κ1) is 23.5. The number of fused-ring (bicyclic) bond motifs is 1. The monoisotopic (exact) mass is 491 g/mol. The van der Waals surface area contributed by atoms with Crippen LogP contribution in [-0.2, 0) is 22.5 Å². The highest BCUT2D eigenvalue weighted by molar-refractivity contribution is 7.10. The van der Waals surface area contributed by atoms with Crippen molar-refractivity contribution in [2.24, 2.45) is 0 Å². The summed E-state index contributed by atoms with van der Waals surface area (Å²) in [6, 6.07) is 5.63. The molecule has 1 unspecified atom stereocenters. The van der Waals surface area contributed by atoms with Crippen LogP contribution in [0.4, 0.5) is 10.5 Å². The fourth-order valence-corrected chi connectivity index (χ4v) is 5.50. The number of carboxylic acids is 1. The number of thiophene rings is 1. The number of nitrogens with zero attached hydrogens (tertiary/aromatic N) is 2. The van der Waals surface area contributed by atoms with E-state index in [-0.39, 0.29) is 31.5 Å². The Balaban J connectivity index is 1.43. The molecule has 0 aliphatic carbocycles. The highest BCUT2D eigenvalue weighted by Gasteiger charge is 2.39. The van der Waals surface area contributed by atoms with Crippen molar-refractivity contribution in [2.75, 3.05) is 25.1 Å². The van der Waals surface area contributed by atoms with Gasteiger partial charge in [-0.2, -0.15) is 0 Å². The number of hydrogen-bond donors (Lipinski definition) is 2. The smallest absolute Gasteiger partial charge is 0.326 e. The van der Waals surface area contributed by atoms with Gasteiger partial charge < -0.3 is 25.0 Å². The molecule has 8 nitrogen and oxygen atoms in total. The van der Waals surface area contributed by atoms with E-state index >= 15 is 0 Å². The summed E-state index contributed by atoms with van der Waals surface area (Å²) < 4.78 is 5.22. The molecule has 2 aliphatic heterocycles. The van der Waals surface area contributed by atoms with Crippen molar-refractivity contribution >= 4 is 46.5 Å². The summed E-state index contributed by atoms with van der Waals surface area (Å²) in [7, 11) is 1.50. The lowest BCUT2D eigenvalue weighted by atomic mass is 10.1. The van der Waals surface area contributed by atoms with Crippen LogP contribution in [0.25, 0.3) is 0 Å². The Labute approximate surface area is 201 Å². The molecule has 0 saturated carbocycles. The van der Waals surface area contributed by atoms with E-state index in [2.05, 4.69) is 5.32 Å². The summed E-state index contributed by atoms with van der Waals surface area (Å²) in [4.78, 5) is 41.6. The third kappa shape index (κ3) is 5.00. The maximum absolute atomic E-state index is 13.2. The number of urea groups is 1. The number of carboxylic acid groups (broad SMARTS) is 1. The van der Waals surface area contributed by atoms with Gasteiger partial charge in [0.1, 0.15) is 6.04 Å². The summed E-state index contributed by atoms with van der Waals surface area (Å²) in [6.07, 6.45) is 2.93. The van der Waals surface area contributed by atoms with Gasteiger partial charge in [-0.3, -0.25) is 4.79 Å². The molecule has 2 N–H and O–H groups in total. The Morgan fingerprint density at radius 1 is 1.27 bits per heavy atom. The zero-order valence-corrected chi connectivity index (χ0v) is 19.8. The number of rotatable bonds is 5. The quantitative estimate of drug-likeness (QED) is 0.663. The van der Waals surface area contributed by atoms with Gasteiger partial charge in [0.2, 0.25) is 0 Å². The molecule has 3 amide bonds. The molecule has 0 bridgehead atoms. The summed E-state index contributed by atoms with van der Waals surface area (Å²) in [5.41, 5.74) is 2.11. The van der Waals surface area contributed by atoms with Crippen molar-refractivity contribution in [2.45, 2.75) is 44.4 Å². The molecular formula is C23H26ClN3O5S. The molecule has 4 rings (SSSR count). The van der Waals surface area contributed by atoms with E-state index in [4.69, 9.17) is 16.3 Å². The van der Waals surface area contributed by atoms with E-state index in [0.29, 0.717) is 22.7 Å². The van der Waals surface area contributed by atoms with Gasteiger partial charge in [-0.25, -0.2) is 9.59 Å². The number of aliphatic carboxylic acids is 1. The number of amides is 3. The van der Waals surface area contributed by atoms with Crippen LogP contribution >= 0.6 is 22.9 Å². The average Bonchev–Trinajstić information content (AvgIpc) is 3.40. The Bertz CT molecular complexity index is 1060. The minimum absolute atomic E-state index is 0.0963. The SMILES string of the molecule is COC1C[C@@H](C(=O)O)N(C(=O)NCc2ccc(C(=O)N3CCCCc4sccc43)cc2Cl)C1. The molecule has 1 aromatic carbocycles. The van der Waals surface area contributed by atoms with Gasteiger partial charge in [-0.05, 0) is 48.4 Å². The van der Waals surface area contributed by atoms with Crippen LogP contribution in [-0.4, -0.2) is 60.3 Å². The van der Waals surface area contributed by atoms with Crippen LogP contribution in [0.15, 0.2) is 29.6 Å². The number of aryl methyl sites for hydroxylation is 1. The maximum atomic E-state index is 13.2. The van der Waals surface area contributed by atoms with Gasteiger partial charge in [-0.15, -0.1) is 11.3 Å². The second-order valence-corrected chi connectivity index (χ2v) is 9.62. The molecule has 1 fully saturated rings. The molecule has 10 heteroatoms. The largest absolute Gasteiger partial charge is 0.480 e. The number of methoxy groups -OCH3 is 1. The minimum atomic E-state index is -1.06. The fraction of sp³-hybridized carbons (Fsp3) is 0.435. The second-order valence-electron chi connectivity index (χ2n) is 8.21. The van der Waals surface area contributed by atoms with Gasteiger partial charge in [0.15, 0.2) is 0 Å². The lowest BCUT2D eigenvalue weighted by Gasteiger charge is -2.22. The van der Waals surface area contributed by atoms with E-state index < -0.39 is 18.0 Å². The molecule has 1 saturated heterocycles. The predicted molar refractivity (Wildman–Crippen MR) is 126 cm³/mol. The normalized spacial score (nSPS) is 20.3. The number of ether oxygens (including phenoxy) is 1. The van der Waals surface area contributed by atoms with Gasteiger partial charge in [0, 0.05) is 48.6 Å². The molecule has 0 radical (unpaired) electrons. The Morgan fingerprint density at radius 3 is 2.82 bits per heavy atom. The number of likely N-dealkylation sites (tertiary alicyclic amines) is 1. The van der Waals surface area contributed by atoms with Crippen molar-refractivity contribution in [1.29, 1.82) is 0 Å². The number of halogens is 1. The average molecular weight is 492 g/mol. The zero-order valence-electron chi connectivity index (χ0n) is 18.3. The highest BCUT2D eigenvalue weighted by atomic mass is 35.5. The maximum Gasteiger partial charge on any atom is 0.326 e. The van der Waals surface area contributed by atoms with Gasteiger partial charge in [0.05, 0.1) is 11.8 Å². The van der Waals surface area contributed by atoms with Crippen molar-refractivity contribution < 1.29 is 24.2 Å². The van der Waals surface area contributed by atoms with Crippen LogP contribution in [0.1, 0.15) is 40.1 Å². The topological polar surface area (TPSA) is 99.2 Å². The standard InChI is InChI=1S/C23H26ClN3O5S/c1-32-16-11-19(22(29)30)27(13-16)23(31)25-12-15-6-5-14(10-17(15)24)21(28)26-8-3-2-4-20-18(26)7-9-33-20/h5-7,9-10,16,19H,2-4,8,11-13H2,1H3,(H,25,31)(H,29,30)/t16?,19-/m0/s1. The lowest BCUT2D eigenvalue weighted by molar-refractivity contribution is -0.141. The summed E-state index contributed by atoms with van der Waals surface area (Å²) >= 11 is 8.12. The van der Waals surface area contributed by atoms with Gasteiger partial charge in [-0.1, -0.05) is 17.7 Å². The number of anilines is 1. The Hall–Kier alpha value is -2.62. The van der Waals surface area contributed by atoms with E-state index in [1.807, 2.05) is 16.3 Å². The second kappa shape index (κ2) is 10.1. The Morgan fingerprint density at radius 2 is 2.09 bits per heavy atom. The van der Waals surface area contributed by atoms with Gasteiger partial charge in [0.25, 0.3) is 5.91 Å². The third-order valence-corrected chi connectivity index (χ3v) is 7.49. The number of hydrogen-bond acceptors (Lipinski definition) is 5. The van der Waals surface area contributed by atoms with Crippen LogP contribution in [0, 0.1) is 0 Å². The number of benzene rings is 1. The zero-order chi connectivity index (χ0) is 23.5. The number of nitrogens with one attached hydrogen (secondary N) is 1. The summed E-state index contributed by atoms with van der Waals surface area (Å²) in [5.74, 6) is -1.16. The summed E-state index contributed by atoms with van der Waals surface area (Å²) in [6.45, 7) is 0.993. The highest BCUT2D eigenvalue weighted by Crippen LogP contribution is 2.32. The molecule has 2 aliphatic rings. The lowest BCUT2D eigenvalue weighted by Crippen LogP contribution is -2.46. The predicted octanol–water partition coefficient (Wildman–Crippen LogP) is 3.77. The summed E-state index contributed by atoms with van der Waals surface area (Å²) in [5, 5.41) is 14.5. The van der Waals surface area contributed by atoms with Gasteiger partial charge >= 0.3 is 12.0 Å². The first-order valence-electron chi connectivity index (χ1n) is 10.9. The molecule has 2 atom stereocenters. The molecule has 2 aromatic rings. The molecule has 3 heterocycles. The molecule has 33 heavy (non-hydrogen) atoms. The van der Waals surface area contributed by atoms with Crippen molar-refractivity contribution in [3.63, 3.8) is 0 Å². The van der Waals surface area contributed by atoms with Crippen LogP contribution in [0.2, 0.25) is 5.02 Å². The van der Waals surface area contributed by atoms with E-state index in [1.165, 1.54) is 16.9 Å². The molecular weight excluding hydrogens is 466 g/mol. The van der Waals surface area contributed by atoms with Crippen molar-refractivity contribution in [1.82, 2.24) is 10.2 Å². The number of carbonyl (C=O) groups excluding carboxylic acids is 2. The molecule has 0 spiro atoms. The van der Waals surface area contributed by atoms with Crippen molar-refractivity contribution in [3.8, 4) is 0 Å². The molecule has 176 valence electrons. The first-order chi connectivity index (χ1) is 15.9. The van der Waals surface area contributed by atoms with E-state index in [9.17, 15) is 19.5 Å².